The molecule has 2 aromatic carbocycles. The molecule has 0 aliphatic carbocycles. The summed E-state index contributed by atoms with van der Waals surface area (Å²) in [5.41, 5.74) is 1.97. The Morgan fingerprint density at radius 1 is 1.00 bits per heavy atom. The minimum atomic E-state index is -0.290. The number of anilines is 1. The average Bonchev–Trinajstić information content (AvgIpc) is 2.56. The molecule has 124 valence electrons. The van der Waals surface area contributed by atoms with Crippen molar-refractivity contribution in [1.29, 1.82) is 0 Å². The molecule has 0 atom stereocenters. The van der Waals surface area contributed by atoms with Gasteiger partial charge in [0.2, 0.25) is 5.91 Å². The number of nitrogens with one attached hydrogen (secondary N) is 1. The van der Waals surface area contributed by atoms with Crippen molar-refractivity contribution in [1.82, 2.24) is 4.90 Å². The zero-order valence-corrected chi connectivity index (χ0v) is 14.7. The number of halogens is 2. The molecule has 0 heterocycles. The van der Waals surface area contributed by atoms with E-state index in [1.54, 1.807) is 62.6 Å². The van der Waals surface area contributed by atoms with Crippen LogP contribution in [0.25, 0.3) is 6.08 Å². The number of carbonyl (C=O) groups is 2. The number of amides is 2. The van der Waals surface area contributed by atoms with Gasteiger partial charge in [-0.15, -0.1) is 0 Å². The van der Waals surface area contributed by atoms with Gasteiger partial charge in [-0.2, -0.15) is 0 Å². The Morgan fingerprint density at radius 2 is 1.67 bits per heavy atom. The first-order valence-corrected chi connectivity index (χ1v) is 7.88. The third-order valence-corrected chi connectivity index (χ3v) is 3.92. The maximum absolute atomic E-state index is 11.9. The Balaban J connectivity index is 2.00. The van der Waals surface area contributed by atoms with E-state index in [-0.39, 0.29) is 11.8 Å². The second kappa shape index (κ2) is 7.99. The number of hydrogen-bond donors (Lipinski definition) is 1. The summed E-state index contributed by atoms with van der Waals surface area (Å²) in [7, 11) is 3.40. The van der Waals surface area contributed by atoms with Crippen LogP contribution < -0.4 is 5.32 Å². The molecule has 0 bridgehead atoms. The van der Waals surface area contributed by atoms with Crippen LogP contribution in [0, 0.1) is 0 Å². The van der Waals surface area contributed by atoms with E-state index < -0.39 is 0 Å². The van der Waals surface area contributed by atoms with Crippen molar-refractivity contribution in [2.75, 3.05) is 19.4 Å². The summed E-state index contributed by atoms with van der Waals surface area (Å²) in [6.45, 7) is 0. The summed E-state index contributed by atoms with van der Waals surface area (Å²) >= 11 is 11.7. The predicted molar refractivity (Wildman–Crippen MR) is 98.6 cm³/mol. The van der Waals surface area contributed by atoms with Gasteiger partial charge < -0.3 is 10.2 Å². The first-order chi connectivity index (χ1) is 11.4. The zero-order chi connectivity index (χ0) is 17.7. The molecule has 0 unspecified atom stereocenters. The molecule has 0 saturated heterocycles. The molecule has 0 aliphatic heterocycles. The first-order valence-electron chi connectivity index (χ1n) is 7.12. The molecule has 0 saturated carbocycles. The molecule has 24 heavy (non-hydrogen) atoms. The van der Waals surface area contributed by atoms with Gasteiger partial charge in [0.1, 0.15) is 0 Å². The van der Waals surface area contributed by atoms with Crippen molar-refractivity contribution in [3.05, 3.63) is 69.7 Å². The minimum absolute atomic E-state index is 0.0668. The van der Waals surface area contributed by atoms with E-state index in [1.807, 2.05) is 0 Å². The van der Waals surface area contributed by atoms with Gasteiger partial charge in [0.05, 0.1) is 10.0 Å². The van der Waals surface area contributed by atoms with Crippen LogP contribution in [0.5, 0.6) is 0 Å². The van der Waals surface area contributed by atoms with E-state index in [0.717, 1.165) is 5.56 Å². The molecule has 2 rings (SSSR count). The van der Waals surface area contributed by atoms with Gasteiger partial charge in [-0.25, -0.2) is 0 Å². The van der Waals surface area contributed by atoms with E-state index in [1.165, 1.54) is 11.0 Å². The van der Waals surface area contributed by atoms with E-state index in [0.29, 0.717) is 21.3 Å². The van der Waals surface area contributed by atoms with Crippen LogP contribution in [0.15, 0.2) is 48.5 Å². The van der Waals surface area contributed by atoms with E-state index >= 15 is 0 Å². The Bertz CT molecular complexity index is 784. The average molecular weight is 363 g/mol. The van der Waals surface area contributed by atoms with Crippen LogP contribution in [-0.4, -0.2) is 30.8 Å². The fourth-order valence-electron chi connectivity index (χ4n) is 1.92. The number of rotatable bonds is 4. The second-order valence-corrected chi connectivity index (χ2v) is 6.09. The molecule has 2 amide bonds. The summed E-state index contributed by atoms with van der Waals surface area (Å²) < 4.78 is 0. The predicted octanol–water partition coefficient (Wildman–Crippen LogP) is 4.35. The van der Waals surface area contributed by atoms with Crippen molar-refractivity contribution in [2.24, 2.45) is 0 Å². The standard InChI is InChI=1S/C18H16Cl2N2O2/c1-22(2)18(24)13-6-3-12(4-7-13)5-10-17(23)21-14-8-9-15(19)16(20)11-14/h3-11H,1-2H3,(H,21,23)/b10-5+. The SMILES string of the molecule is CN(C)C(=O)c1ccc(/C=C/C(=O)Nc2ccc(Cl)c(Cl)c2)cc1. The molecule has 1 N–H and O–H groups in total. The highest BCUT2D eigenvalue weighted by Gasteiger charge is 2.06. The molecule has 6 heteroatoms. The molecule has 0 radical (unpaired) electrons. The van der Waals surface area contributed by atoms with Crippen molar-refractivity contribution < 1.29 is 9.59 Å². The molecular formula is C18H16Cl2N2O2. The summed E-state index contributed by atoms with van der Waals surface area (Å²) in [6.07, 6.45) is 3.07. The first kappa shape index (κ1) is 18.0. The lowest BCUT2D eigenvalue weighted by Crippen LogP contribution is -2.21. The maximum Gasteiger partial charge on any atom is 0.253 e. The van der Waals surface area contributed by atoms with Gasteiger partial charge in [0, 0.05) is 31.4 Å². The molecule has 0 aliphatic rings. The Labute approximate surface area is 150 Å². The van der Waals surface area contributed by atoms with E-state index in [9.17, 15) is 9.59 Å². The normalized spacial score (nSPS) is 10.7. The fraction of sp³-hybridized carbons (Fsp3) is 0.111. The molecular weight excluding hydrogens is 347 g/mol. The van der Waals surface area contributed by atoms with Gasteiger partial charge in [-0.1, -0.05) is 35.3 Å². The summed E-state index contributed by atoms with van der Waals surface area (Å²) in [4.78, 5) is 25.2. The summed E-state index contributed by atoms with van der Waals surface area (Å²) in [6, 6.07) is 11.9. The lowest BCUT2D eigenvalue weighted by molar-refractivity contribution is -0.111. The number of hydrogen-bond acceptors (Lipinski definition) is 2. The molecule has 4 nitrogen and oxygen atoms in total. The Kier molecular flexibility index (Phi) is 6.01. The highest BCUT2D eigenvalue weighted by atomic mass is 35.5. The quantitative estimate of drug-likeness (QED) is 0.822. The minimum Gasteiger partial charge on any atom is -0.345 e. The van der Waals surface area contributed by atoms with Crippen LogP contribution in [0.3, 0.4) is 0 Å². The Hall–Kier alpha value is -2.30. The zero-order valence-electron chi connectivity index (χ0n) is 13.2. The van der Waals surface area contributed by atoms with Crippen molar-refractivity contribution in [3.8, 4) is 0 Å². The topological polar surface area (TPSA) is 49.4 Å². The summed E-state index contributed by atoms with van der Waals surface area (Å²) in [5, 5.41) is 3.50. The monoisotopic (exact) mass is 362 g/mol. The smallest absolute Gasteiger partial charge is 0.253 e. The van der Waals surface area contributed by atoms with Crippen LogP contribution in [-0.2, 0) is 4.79 Å². The highest BCUT2D eigenvalue weighted by Crippen LogP contribution is 2.25. The van der Waals surface area contributed by atoms with Crippen LogP contribution in [0.4, 0.5) is 5.69 Å². The fourth-order valence-corrected chi connectivity index (χ4v) is 2.22. The van der Waals surface area contributed by atoms with Gasteiger partial charge >= 0.3 is 0 Å². The van der Waals surface area contributed by atoms with Crippen molar-refractivity contribution in [2.45, 2.75) is 0 Å². The largest absolute Gasteiger partial charge is 0.345 e. The van der Waals surface area contributed by atoms with Crippen LogP contribution in [0.1, 0.15) is 15.9 Å². The van der Waals surface area contributed by atoms with E-state index in [2.05, 4.69) is 5.32 Å². The van der Waals surface area contributed by atoms with E-state index in [4.69, 9.17) is 23.2 Å². The van der Waals surface area contributed by atoms with Gasteiger partial charge in [-0.05, 0) is 42.0 Å². The number of benzene rings is 2. The molecule has 0 fully saturated rings. The van der Waals surface area contributed by atoms with Crippen molar-refractivity contribution in [3.63, 3.8) is 0 Å². The third kappa shape index (κ3) is 4.85. The van der Waals surface area contributed by atoms with Gasteiger partial charge in [0.15, 0.2) is 0 Å². The van der Waals surface area contributed by atoms with Crippen LogP contribution >= 0.6 is 23.2 Å². The number of carbonyl (C=O) groups excluding carboxylic acids is 2. The molecule has 0 spiro atoms. The lowest BCUT2D eigenvalue weighted by Gasteiger charge is -2.09. The Morgan fingerprint density at radius 3 is 2.25 bits per heavy atom. The second-order valence-electron chi connectivity index (χ2n) is 5.27. The van der Waals surface area contributed by atoms with Crippen LogP contribution in [0.2, 0.25) is 10.0 Å². The van der Waals surface area contributed by atoms with Gasteiger partial charge in [-0.3, -0.25) is 9.59 Å². The van der Waals surface area contributed by atoms with Crippen molar-refractivity contribution >= 4 is 46.8 Å². The molecule has 2 aromatic rings. The lowest BCUT2D eigenvalue weighted by atomic mass is 10.1. The molecule has 0 aromatic heterocycles. The summed E-state index contributed by atoms with van der Waals surface area (Å²) in [5.74, 6) is -0.357. The maximum atomic E-state index is 11.9. The number of nitrogens with zero attached hydrogens (tertiary/aromatic N) is 1. The van der Waals surface area contributed by atoms with Gasteiger partial charge in [0.25, 0.3) is 5.91 Å². The third-order valence-electron chi connectivity index (χ3n) is 3.18. The highest BCUT2D eigenvalue weighted by molar-refractivity contribution is 6.42.